The summed E-state index contributed by atoms with van der Waals surface area (Å²) in [6, 6.07) is 4.68. The van der Waals surface area contributed by atoms with E-state index in [2.05, 4.69) is 0 Å². The van der Waals surface area contributed by atoms with E-state index in [1.165, 1.54) is 25.3 Å². The maximum atomic E-state index is 12.5. The highest BCUT2D eigenvalue weighted by molar-refractivity contribution is 6.42. The summed E-state index contributed by atoms with van der Waals surface area (Å²) >= 11 is 0. The molecule has 1 saturated carbocycles. The number of ketones is 1. The molecule has 1 fully saturated rings. The quantitative estimate of drug-likeness (QED) is 0.551. The Bertz CT molecular complexity index is 805. The first kappa shape index (κ1) is 21.5. The number of rotatable bonds is 7. The molecule has 2 rings (SSSR count). The Hall–Kier alpha value is -2.83. The summed E-state index contributed by atoms with van der Waals surface area (Å²) in [6.45, 7) is 1.23. The van der Waals surface area contributed by atoms with Gasteiger partial charge in [-0.3, -0.25) is 9.59 Å². The zero-order valence-electron chi connectivity index (χ0n) is 16.4. The molecule has 1 aliphatic rings. The highest BCUT2D eigenvalue weighted by Crippen LogP contribution is 2.28. The number of ether oxygens (including phenoxy) is 1. The molecular weight excluding hydrogens is 360 g/mol. The number of aromatic nitrogens is 1. The molecule has 0 unspecified atom stereocenters. The first-order valence-corrected chi connectivity index (χ1v) is 9.51. The van der Waals surface area contributed by atoms with Crippen molar-refractivity contribution >= 4 is 17.7 Å². The number of carboxylic acid groups (broad SMARTS) is 1. The van der Waals surface area contributed by atoms with Crippen LogP contribution in [-0.4, -0.2) is 33.9 Å². The van der Waals surface area contributed by atoms with Crippen LogP contribution in [0.3, 0.4) is 0 Å². The smallest absolute Gasteiger partial charge is 0.341 e. The van der Waals surface area contributed by atoms with Gasteiger partial charge in [-0.25, -0.2) is 4.79 Å². The number of carbonyl (C=O) groups excluding carboxylic acids is 2. The second-order valence-corrected chi connectivity index (χ2v) is 7.24. The number of nitrogens with two attached hydrogens (primary N) is 1. The van der Waals surface area contributed by atoms with Gasteiger partial charge in [0.25, 0.3) is 5.91 Å². The van der Waals surface area contributed by atoms with Gasteiger partial charge in [-0.05, 0) is 43.0 Å². The predicted octanol–water partition coefficient (Wildman–Crippen LogP) is 2.71. The van der Waals surface area contributed by atoms with E-state index < -0.39 is 24.3 Å². The number of aryl methyl sites for hydroxylation is 1. The summed E-state index contributed by atoms with van der Waals surface area (Å²) in [6.07, 6.45) is 8.57. The minimum atomic E-state index is -1.14. The van der Waals surface area contributed by atoms with Crippen molar-refractivity contribution in [2.75, 3.05) is 6.61 Å². The van der Waals surface area contributed by atoms with Gasteiger partial charge in [0.2, 0.25) is 5.78 Å². The summed E-state index contributed by atoms with van der Waals surface area (Å²) in [5, 5.41) is 8.86. The van der Waals surface area contributed by atoms with Gasteiger partial charge >= 0.3 is 5.97 Å². The number of nitrogens with zero attached hydrogens (tertiary/aromatic N) is 1. The Morgan fingerprint density at radius 1 is 1.25 bits per heavy atom. The van der Waals surface area contributed by atoms with Crippen molar-refractivity contribution in [1.82, 2.24) is 4.57 Å². The summed E-state index contributed by atoms with van der Waals surface area (Å²) in [4.78, 5) is 34.9. The lowest BCUT2D eigenvalue weighted by atomic mass is 9.85. The number of aliphatic carboxylic acids is 1. The molecule has 0 bridgehead atoms. The third kappa shape index (κ3) is 5.84. The molecule has 0 atom stereocenters. The van der Waals surface area contributed by atoms with Gasteiger partial charge in [0.05, 0.1) is 0 Å². The van der Waals surface area contributed by atoms with Gasteiger partial charge in [-0.15, -0.1) is 0 Å². The summed E-state index contributed by atoms with van der Waals surface area (Å²) in [5.74, 6) is -2.32. The number of hydrogen-bond donors (Lipinski definition) is 2. The van der Waals surface area contributed by atoms with Gasteiger partial charge < -0.3 is 20.1 Å². The van der Waals surface area contributed by atoms with E-state index in [4.69, 9.17) is 15.6 Å². The zero-order valence-corrected chi connectivity index (χ0v) is 16.4. The molecule has 0 aliphatic heterocycles. The van der Waals surface area contributed by atoms with Crippen LogP contribution in [0.1, 0.15) is 53.7 Å². The molecule has 1 heterocycles. The fraction of sp³-hybridized carbons (Fsp3) is 0.476. The summed E-state index contributed by atoms with van der Waals surface area (Å²) < 4.78 is 7.19. The van der Waals surface area contributed by atoms with Crippen LogP contribution in [0.25, 0.3) is 0 Å². The predicted molar refractivity (Wildman–Crippen MR) is 105 cm³/mol. The molecule has 1 aromatic heterocycles. The molecule has 152 valence electrons. The Balaban J connectivity index is 2.60. The molecule has 7 heteroatoms. The van der Waals surface area contributed by atoms with Crippen LogP contribution in [0.4, 0.5) is 0 Å². The molecule has 1 aromatic rings. The lowest BCUT2D eigenvalue weighted by molar-refractivity contribution is -0.139. The van der Waals surface area contributed by atoms with E-state index >= 15 is 0 Å². The van der Waals surface area contributed by atoms with E-state index in [0.717, 1.165) is 25.0 Å². The zero-order chi connectivity index (χ0) is 20.7. The molecule has 3 N–H and O–H groups in total. The van der Waals surface area contributed by atoms with Crippen LogP contribution in [0, 0.1) is 12.8 Å². The van der Waals surface area contributed by atoms with Crippen molar-refractivity contribution in [3.63, 3.8) is 0 Å². The number of carboxylic acids is 1. The average molecular weight is 388 g/mol. The van der Waals surface area contributed by atoms with E-state index in [9.17, 15) is 14.4 Å². The Kier molecular flexibility index (Phi) is 7.61. The number of carbonyl (C=O) groups is 3. The van der Waals surface area contributed by atoms with Crippen molar-refractivity contribution in [2.45, 2.75) is 45.4 Å². The maximum Gasteiger partial charge on any atom is 0.341 e. The average Bonchev–Trinajstić information content (AvgIpc) is 2.71. The number of hydrogen-bond acceptors (Lipinski definition) is 4. The van der Waals surface area contributed by atoms with Crippen molar-refractivity contribution in [1.29, 1.82) is 0 Å². The van der Waals surface area contributed by atoms with Crippen LogP contribution in [-0.2, 0) is 23.1 Å². The van der Waals surface area contributed by atoms with Gasteiger partial charge in [-0.1, -0.05) is 32.1 Å². The molecular formula is C21H28N2O5. The Morgan fingerprint density at radius 2 is 1.93 bits per heavy atom. The van der Waals surface area contributed by atoms with Gasteiger partial charge in [0, 0.05) is 24.5 Å². The highest BCUT2D eigenvalue weighted by Gasteiger charge is 2.20. The van der Waals surface area contributed by atoms with Gasteiger partial charge in [-0.2, -0.15) is 0 Å². The third-order valence-corrected chi connectivity index (χ3v) is 5.16. The monoisotopic (exact) mass is 388 g/mol. The standard InChI is InChI=1S/C21H28N2O5/c1-14-17(20(26)21(22)27)12-16(28-13-19(24)25)9-6-10-23(2)18(14)11-15-7-4-3-5-8-15/h6,9-10,12,15H,3-5,7-8,11,13H2,1-2H3,(H2,22,27)(H,24,25). The summed E-state index contributed by atoms with van der Waals surface area (Å²) in [5.41, 5.74) is 6.97. The minimum absolute atomic E-state index is 0.130. The topological polar surface area (TPSA) is 112 Å². The Labute approximate surface area is 164 Å². The molecule has 0 aromatic carbocycles. The fourth-order valence-electron chi connectivity index (χ4n) is 3.64. The second-order valence-electron chi connectivity index (χ2n) is 7.24. The third-order valence-electron chi connectivity index (χ3n) is 5.16. The largest absolute Gasteiger partial charge is 0.482 e. The minimum Gasteiger partial charge on any atom is -0.482 e. The van der Waals surface area contributed by atoms with Crippen molar-refractivity contribution in [2.24, 2.45) is 18.7 Å². The van der Waals surface area contributed by atoms with Crippen LogP contribution < -0.4 is 10.5 Å². The molecule has 0 saturated heterocycles. The molecule has 7 nitrogen and oxygen atoms in total. The number of primary amides is 1. The van der Waals surface area contributed by atoms with Crippen molar-refractivity contribution in [3.8, 4) is 5.75 Å². The lowest BCUT2D eigenvalue weighted by Crippen LogP contribution is -2.24. The Morgan fingerprint density at radius 3 is 2.54 bits per heavy atom. The molecule has 0 spiro atoms. The van der Waals surface area contributed by atoms with Crippen LogP contribution >= 0.6 is 0 Å². The van der Waals surface area contributed by atoms with Crippen LogP contribution in [0.5, 0.6) is 5.75 Å². The SMILES string of the molecule is Cc1c(C(=O)C(N)=O)cc(OCC(=O)O)cccn(C)c1CC1CCCCC1. The van der Waals surface area contributed by atoms with Crippen LogP contribution in [0.15, 0.2) is 24.4 Å². The van der Waals surface area contributed by atoms with E-state index in [0.29, 0.717) is 11.5 Å². The molecule has 1 amide bonds. The van der Waals surface area contributed by atoms with Crippen LogP contribution in [0.2, 0.25) is 0 Å². The number of Topliss-reactive ketones (excluding diaryl/α,β-unsaturated/α-hetero) is 1. The van der Waals surface area contributed by atoms with E-state index in [-0.39, 0.29) is 11.3 Å². The summed E-state index contributed by atoms with van der Waals surface area (Å²) in [7, 11) is 1.89. The van der Waals surface area contributed by atoms with Crippen molar-refractivity contribution in [3.05, 3.63) is 41.2 Å². The fourth-order valence-corrected chi connectivity index (χ4v) is 3.64. The number of amides is 1. The maximum absolute atomic E-state index is 12.5. The van der Waals surface area contributed by atoms with Gasteiger partial charge in [0.1, 0.15) is 5.75 Å². The van der Waals surface area contributed by atoms with Crippen molar-refractivity contribution < 1.29 is 24.2 Å². The second kappa shape index (κ2) is 9.92. The highest BCUT2D eigenvalue weighted by atomic mass is 16.5. The lowest BCUT2D eigenvalue weighted by Gasteiger charge is -2.23. The molecule has 28 heavy (non-hydrogen) atoms. The van der Waals surface area contributed by atoms with E-state index in [1.54, 1.807) is 19.1 Å². The first-order chi connectivity index (χ1) is 13.3. The normalized spacial score (nSPS) is 14.2. The first-order valence-electron chi connectivity index (χ1n) is 9.51. The van der Waals surface area contributed by atoms with Gasteiger partial charge in [0.15, 0.2) is 6.61 Å². The molecule has 1 aliphatic carbocycles. The molecule has 0 radical (unpaired) electrons. The van der Waals surface area contributed by atoms with E-state index in [1.807, 2.05) is 17.8 Å².